The number of esters is 3. The Morgan fingerprint density at radius 2 is 1.34 bits per heavy atom. The lowest BCUT2D eigenvalue weighted by atomic mass is 10.1. The Morgan fingerprint density at radius 1 is 0.743 bits per heavy atom. The predicted octanol–water partition coefficient (Wildman–Crippen LogP) is 1.19. The summed E-state index contributed by atoms with van der Waals surface area (Å²) in [4.78, 5) is 60.0. The molecule has 12 nitrogen and oxygen atoms in total. The molecule has 0 aliphatic carbocycles. The van der Waals surface area contributed by atoms with Gasteiger partial charge in [0.05, 0.1) is 39.6 Å². The molecule has 186 valence electrons. The first-order chi connectivity index (χ1) is 16.7. The Balaban J connectivity index is 1.92. The fourth-order valence-corrected chi connectivity index (χ4v) is 2.80. The Bertz CT molecular complexity index is 1100. The summed E-state index contributed by atoms with van der Waals surface area (Å²) in [6, 6.07) is 8.27. The number of nitrogens with one attached hydrogen (secondary N) is 2. The van der Waals surface area contributed by atoms with Crippen molar-refractivity contribution < 1.29 is 47.7 Å². The quantitative estimate of drug-likeness (QED) is 0.368. The molecule has 0 aliphatic rings. The molecule has 35 heavy (non-hydrogen) atoms. The average molecular weight is 488 g/mol. The lowest BCUT2D eigenvalue weighted by Crippen LogP contribution is -2.32. The van der Waals surface area contributed by atoms with Crippen LogP contribution in [0.15, 0.2) is 36.4 Å². The molecule has 2 aromatic carbocycles. The highest BCUT2D eigenvalue weighted by Gasteiger charge is 2.16. The molecule has 0 radical (unpaired) electrons. The molecule has 2 amide bonds. The van der Waals surface area contributed by atoms with Gasteiger partial charge in [-0.2, -0.15) is 0 Å². The van der Waals surface area contributed by atoms with Crippen LogP contribution in [0.4, 0.5) is 5.69 Å². The van der Waals surface area contributed by atoms with Gasteiger partial charge in [-0.05, 0) is 36.4 Å². The third kappa shape index (κ3) is 7.45. The third-order valence-corrected chi connectivity index (χ3v) is 4.46. The number of amides is 2. The number of hydrogen-bond acceptors (Lipinski definition) is 10. The number of benzene rings is 2. The van der Waals surface area contributed by atoms with E-state index in [0.29, 0.717) is 11.5 Å². The van der Waals surface area contributed by atoms with Crippen molar-refractivity contribution in [1.29, 1.82) is 0 Å². The van der Waals surface area contributed by atoms with Crippen LogP contribution in [0.5, 0.6) is 11.5 Å². The van der Waals surface area contributed by atoms with Gasteiger partial charge >= 0.3 is 17.9 Å². The maximum atomic E-state index is 12.2. The van der Waals surface area contributed by atoms with E-state index in [1.807, 2.05) is 0 Å². The monoisotopic (exact) mass is 488 g/mol. The van der Waals surface area contributed by atoms with E-state index >= 15 is 0 Å². The maximum absolute atomic E-state index is 12.2. The van der Waals surface area contributed by atoms with E-state index in [-0.39, 0.29) is 22.4 Å². The lowest BCUT2D eigenvalue weighted by Gasteiger charge is -2.11. The van der Waals surface area contributed by atoms with Gasteiger partial charge in [-0.25, -0.2) is 9.59 Å². The maximum Gasteiger partial charge on any atom is 0.337 e. The molecule has 0 heterocycles. The molecule has 0 unspecified atom stereocenters. The second-order valence-electron chi connectivity index (χ2n) is 6.74. The van der Waals surface area contributed by atoms with Crippen molar-refractivity contribution in [2.45, 2.75) is 0 Å². The lowest BCUT2D eigenvalue weighted by molar-refractivity contribution is -0.146. The summed E-state index contributed by atoms with van der Waals surface area (Å²) in [5.74, 6) is -2.88. The molecule has 0 fully saturated rings. The molecule has 0 bridgehead atoms. The molecule has 0 aromatic heterocycles. The minimum absolute atomic E-state index is 0.000527. The standard InChI is InChI=1S/C23H24N2O10/c1-31-17-6-5-13(10-18(17)32-2)21(28)24-11-20(27)35-12-19(26)25-16-8-14(22(29)33-3)7-15(9-16)23(30)34-4/h5-10H,11-12H2,1-4H3,(H,24,28)(H,25,26). The molecule has 2 N–H and O–H groups in total. The minimum atomic E-state index is -0.868. The van der Waals surface area contributed by atoms with Gasteiger partial charge in [0.25, 0.3) is 11.8 Å². The number of carbonyl (C=O) groups excluding carboxylic acids is 5. The highest BCUT2D eigenvalue weighted by molar-refractivity contribution is 6.00. The van der Waals surface area contributed by atoms with Gasteiger partial charge in [0.1, 0.15) is 6.54 Å². The van der Waals surface area contributed by atoms with Crippen LogP contribution in [0.3, 0.4) is 0 Å². The highest BCUT2D eigenvalue weighted by atomic mass is 16.5. The largest absolute Gasteiger partial charge is 0.493 e. The van der Waals surface area contributed by atoms with Crippen LogP contribution < -0.4 is 20.1 Å². The summed E-state index contributed by atoms with van der Waals surface area (Å²) < 4.78 is 24.3. The Labute approximate surface area is 200 Å². The number of carbonyl (C=O) groups is 5. The van der Waals surface area contributed by atoms with Crippen molar-refractivity contribution in [3.63, 3.8) is 0 Å². The van der Waals surface area contributed by atoms with E-state index in [1.54, 1.807) is 0 Å². The Kier molecular flexibility index (Phi) is 9.58. The number of ether oxygens (including phenoxy) is 5. The van der Waals surface area contributed by atoms with Crippen LogP contribution in [0, 0.1) is 0 Å². The fraction of sp³-hybridized carbons (Fsp3) is 0.261. The number of anilines is 1. The molecule has 2 aromatic rings. The fourth-order valence-electron chi connectivity index (χ4n) is 2.80. The van der Waals surface area contributed by atoms with Crippen LogP contribution in [0.25, 0.3) is 0 Å². The van der Waals surface area contributed by atoms with Gasteiger partial charge in [0.2, 0.25) is 0 Å². The van der Waals surface area contributed by atoms with Crippen LogP contribution in [-0.2, 0) is 23.8 Å². The number of hydrogen-bond donors (Lipinski definition) is 2. The van der Waals surface area contributed by atoms with Gasteiger partial charge in [0, 0.05) is 11.3 Å². The Hall–Kier alpha value is -4.61. The molecule has 0 saturated heterocycles. The van der Waals surface area contributed by atoms with Crippen molar-refractivity contribution in [2.24, 2.45) is 0 Å². The van der Waals surface area contributed by atoms with Gasteiger partial charge in [-0.3, -0.25) is 14.4 Å². The third-order valence-electron chi connectivity index (χ3n) is 4.46. The van der Waals surface area contributed by atoms with Crippen LogP contribution in [0.2, 0.25) is 0 Å². The van der Waals surface area contributed by atoms with E-state index in [0.717, 1.165) is 14.2 Å². The zero-order chi connectivity index (χ0) is 26.0. The Morgan fingerprint density at radius 3 is 1.89 bits per heavy atom. The summed E-state index contributed by atoms with van der Waals surface area (Å²) >= 11 is 0. The van der Waals surface area contributed by atoms with Gasteiger partial charge in [-0.1, -0.05) is 0 Å². The van der Waals surface area contributed by atoms with E-state index in [4.69, 9.17) is 14.2 Å². The van der Waals surface area contributed by atoms with Crippen molar-refractivity contribution in [3.05, 3.63) is 53.1 Å². The summed E-state index contributed by atoms with van der Waals surface area (Å²) in [5.41, 5.74) is 0.303. The first kappa shape index (κ1) is 26.6. The summed E-state index contributed by atoms with van der Waals surface area (Å²) in [6.45, 7) is -1.17. The molecule has 0 atom stereocenters. The smallest absolute Gasteiger partial charge is 0.337 e. The molecular weight excluding hydrogens is 464 g/mol. The van der Waals surface area contributed by atoms with E-state index in [1.165, 1.54) is 50.6 Å². The van der Waals surface area contributed by atoms with Gasteiger partial charge < -0.3 is 34.3 Å². The van der Waals surface area contributed by atoms with Crippen LogP contribution in [0.1, 0.15) is 31.1 Å². The van der Waals surface area contributed by atoms with Crippen molar-refractivity contribution in [1.82, 2.24) is 5.32 Å². The molecule has 0 saturated carbocycles. The average Bonchev–Trinajstić information content (AvgIpc) is 2.88. The summed E-state index contributed by atoms with van der Waals surface area (Å²) in [7, 11) is 5.20. The summed E-state index contributed by atoms with van der Waals surface area (Å²) in [6.07, 6.45) is 0. The molecular formula is C23H24N2O10. The van der Waals surface area contributed by atoms with Crippen molar-refractivity contribution >= 4 is 35.4 Å². The molecule has 0 aliphatic heterocycles. The second-order valence-corrected chi connectivity index (χ2v) is 6.74. The highest BCUT2D eigenvalue weighted by Crippen LogP contribution is 2.27. The first-order valence-corrected chi connectivity index (χ1v) is 9.99. The number of rotatable bonds is 10. The van der Waals surface area contributed by atoms with E-state index in [9.17, 15) is 24.0 Å². The van der Waals surface area contributed by atoms with Crippen molar-refractivity contribution in [3.8, 4) is 11.5 Å². The van der Waals surface area contributed by atoms with Crippen LogP contribution in [-0.4, -0.2) is 71.3 Å². The zero-order valence-electron chi connectivity index (χ0n) is 19.5. The number of methoxy groups -OCH3 is 4. The van der Waals surface area contributed by atoms with Gasteiger partial charge in [-0.15, -0.1) is 0 Å². The second kappa shape index (κ2) is 12.6. The molecule has 2 rings (SSSR count). The SMILES string of the molecule is COC(=O)c1cc(NC(=O)COC(=O)CNC(=O)c2ccc(OC)c(OC)c2)cc(C(=O)OC)c1. The minimum Gasteiger partial charge on any atom is -0.493 e. The molecule has 12 heteroatoms. The van der Waals surface area contributed by atoms with Gasteiger partial charge in [0.15, 0.2) is 18.1 Å². The normalized spacial score (nSPS) is 9.94. The molecule has 0 spiro atoms. The predicted molar refractivity (Wildman–Crippen MR) is 121 cm³/mol. The van der Waals surface area contributed by atoms with Crippen LogP contribution >= 0.6 is 0 Å². The summed E-state index contributed by atoms with van der Waals surface area (Å²) in [5, 5.41) is 4.77. The zero-order valence-corrected chi connectivity index (χ0v) is 19.5. The topological polar surface area (TPSA) is 156 Å². The first-order valence-electron chi connectivity index (χ1n) is 9.99. The van der Waals surface area contributed by atoms with E-state index < -0.39 is 42.9 Å². The van der Waals surface area contributed by atoms with Crippen molar-refractivity contribution in [2.75, 3.05) is 46.9 Å². The van der Waals surface area contributed by atoms with E-state index in [2.05, 4.69) is 20.1 Å².